The summed E-state index contributed by atoms with van der Waals surface area (Å²) >= 11 is 0. The van der Waals surface area contributed by atoms with E-state index in [2.05, 4.69) is 37.8 Å². The number of carbonyl (C=O) groups is 1. The second-order valence-electron chi connectivity index (χ2n) is 5.98. The molecule has 0 aliphatic rings. The minimum atomic E-state index is -0.0968. The maximum atomic E-state index is 11.3. The molecule has 2 heteroatoms. The third kappa shape index (κ3) is 18.6. The zero-order valence-corrected chi connectivity index (χ0v) is 15.1. The SMILES string of the molecule is C=CCOC(=O)CCCCCCCCCC=CC=CCCCC. The molecule has 0 heterocycles. The van der Waals surface area contributed by atoms with Crippen LogP contribution in [0.15, 0.2) is 37.0 Å². The maximum absolute atomic E-state index is 11.3. The van der Waals surface area contributed by atoms with E-state index in [4.69, 9.17) is 4.74 Å². The second kappa shape index (κ2) is 18.7. The van der Waals surface area contributed by atoms with E-state index in [0.717, 1.165) is 12.8 Å². The van der Waals surface area contributed by atoms with Crippen LogP contribution in [0.25, 0.3) is 0 Å². The molecule has 23 heavy (non-hydrogen) atoms. The number of hydrogen-bond donors (Lipinski definition) is 0. The van der Waals surface area contributed by atoms with E-state index in [1.807, 2.05) is 0 Å². The Kier molecular flexibility index (Phi) is 17.7. The summed E-state index contributed by atoms with van der Waals surface area (Å²) in [7, 11) is 0. The van der Waals surface area contributed by atoms with Crippen LogP contribution in [0.1, 0.15) is 84.0 Å². The smallest absolute Gasteiger partial charge is 0.306 e. The molecule has 0 spiro atoms. The van der Waals surface area contributed by atoms with Crippen molar-refractivity contribution in [1.29, 1.82) is 0 Å². The normalized spacial score (nSPS) is 11.3. The Bertz CT molecular complexity index is 329. The molecule has 0 aromatic rings. The van der Waals surface area contributed by atoms with E-state index in [0.29, 0.717) is 13.0 Å². The van der Waals surface area contributed by atoms with Crippen molar-refractivity contribution >= 4 is 5.97 Å². The van der Waals surface area contributed by atoms with Crippen molar-refractivity contribution < 1.29 is 9.53 Å². The summed E-state index contributed by atoms with van der Waals surface area (Å²) in [5.41, 5.74) is 0. The van der Waals surface area contributed by atoms with E-state index in [1.54, 1.807) is 6.08 Å². The summed E-state index contributed by atoms with van der Waals surface area (Å²) in [5.74, 6) is -0.0968. The molecule has 0 aromatic heterocycles. The van der Waals surface area contributed by atoms with Gasteiger partial charge in [-0.15, -0.1) is 0 Å². The molecule has 0 amide bonds. The van der Waals surface area contributed by atoms with Crippen LogP contribution in [-0.2, 0) is 9.53 Å². The van der Waals surface area contributed by atoms with Crippen LogP contribution in [0.5, 0.6) is 0 Å². The van der Waals surface area contributed by atoms with Gasteiger partial charge in [0, 0.05) is 6.42 Å². The van der Waals surface area contributed by atoms with Gasteiger partial charge in [0.2, 0.25) is 0 Å². The van der Waals surface area contributed by atoms with E-state index >= 15 is 0 Å². The molecule has 0 unspecified atom stereocenters. The van der Waals surface area contributed by atoms with Crippen LogP contribution in [0.4, 0.5) is 0 Å². The monoisotopic (exact) mass is 320 g/mol. The first kappa shape index (κ1) is 21.7. The summed E-state index contributed by atoms with van der Waals surface area (Å²) in [5, 5.41) is 0. The molecule has 0 bridgehead atoms. The zero-order chi connectivity index (χ0) is 17.0. The molecule has 2 nitrogen and oxygen atoms in total. The van der Waals surface area contributed by atoms with E-state index in [1.165, 1.54) is 57.8 Å². The quantitative estimate of drug-likeness (QED) is 0.140. The van der Waals surface area contributed by atoms with Gasteiger partial charge < -0.3 is 4.74 Å². The van der Waals surface area contributed by atoms with Gasteiger partial charge in [0.1, 0.15) is 6.61 Å². The number of unbranched alkanes of at least 4 members (excludes halogenated alkanes) is 9. The lowest BCUT2D eigenvalue weighted by atomic mass is 10.1. The van der Waals surface area contributed by atoms with E-state index in [9.17, 15) is 4.79 Å². The molecule has 0 aromatic carbocycles. The van der Waals surface area contributed by atoms with Crippen LogP contribution >= 0.6 is 0 Å². The highest BCUT2D eigenvalue weighted by Gasteiger charge is 2.00. The Balaban J connectivity index is 3.21. The first-order valence-electron chi connectivity index (χ1n) is 9.39. The molecule has 0 saturated heterocycles. The topological polar surface area (TPSA) is 26.3 Å². The molecule has 0 radical (unpaired) electrons. The second-order valence-corrected chi connectivity index (χ2v) is 5.98. The van der Waals surface area contributed by atoms with Gasteiger partial charge in [-0.05, 0) is 25.7 Å². The Labute approximate surface area is 143 Å². The largest absolute Gasteiger partial charge is 0.461 e. The fourth-order valence-electron chi connectivity index (χ4n) is 2.31. The standard InChI is InChI=1S/C21H36O2/c1-3-5-6-7-8-9-10-11-12-13-14-15-16-17-18-19-21(22)23-20-4-2/h4,7-10H,2-3,5-6,11-20H2,1H3. The zero-order valence-electron chi connectivity index (χ0n) is 15.1. The minimum Gasteiger partial charge on any atom is -0.461 e. The van der Waals surface area contributed by atoms with Crippen LogP contribution in [-0.4, -0.2) is 12.6 Å². The molecule has 132 valence electrons. The number of ether oxygens (including phenoxy) is 1. The predicted octanol–water partition coefficient (Wildman–Crippen LogP) is 6.53. The lowest BCUT2D eigenvalue weighted by Gasteiger charge is -2.02. The van der Waals surface area contributed by atoms with E-state index < -0.39 is 0 Å². The van der Waals surface area contributed by atoms with Crippen molar-refractivity contribution in [2.45, 2.75) is 84.0 Å². The van der Waals surface area contributed by atoms with Crippen LogP contribution < -0.4 is 0 Å². The highest BCUT2D eigenvalue weighted by molar-refractivity contribution is 5.69. The number of hydrogen-bond acceptors (Lipinski definition) is 2. The summed E-state index contributed by atoms with van der Waals surface area (Å²) in [6.07, 6.45) is 24.5. The average Bonchev–Trinajstić information content (AvgIpc) is 2.56. The highest BCUT2D eigenvalue weighted by Crippen LogP contribution is 2.10. The molecule has 0 saturated carbocycles. The van der Waals surface area contributed by atoms with Crippen molar-refractivity contribution in [3.63, 3.8) is 0 Å². The Morgan fingerprint density at radius 3 is 2.04 bits per heavy atom. The molecule has 0 aliphatic heterocycles. The first-order chi connectivity index (χ1) is 11.3. The van der Waals surface area contributed by atoms with Crippen molar-refractivity contribution in [1.82, 2.24) is 0 Å². The number of rotatable bonds is 16. The van der Waals surface area contributed by atoms with Gasteiger partial charge in [0.15, 0.2) is 0 Å². The first-order valence-corrected chi connectivity index (χ1v) is 9.39. The molecule has 0 rings (SSSR count). The number of carbonyl (C=O) groups excluding carboxylic acids is 1. The van der Waals surface area contributed by atoms with Gasteiger partial charge in [-0.3, -0.25) is 4.79 Å². The van der Waals surface area contributed by atoms with Gasteiger partial charge in [0.05, 0.1) is 0 Å². The highest BCUT2D eigenvalue weighted by atomic mass is 16.5. The van der Waals surface area contributed by atoms with Gasteiger partial charge in [-0.1, -0.05) is 88.8 Å². The van der Waals surface area contributed by atoms with Gasteiger partial charge in [-0.2, -0.15) is 0 Å². The van der Waals surface area contributed by atoms with Crippen molar-refractivity contribution in [3.05, 3.63) is 37.0 Å². The minimum absolute atomic E-state index is 0.0968. The fourth-order valence-corrected chi connectivity index (χ4v) is 2.31. The molecule has 0 aliphatic carbocycles. The molecular formula is C21H36O2. The fraction of sp³-hybridized carbons (Fsp3) is 0.667. The van der Waals surface area contributed by atoms with Crippen LogP contribution in [0, 0.1) is 0 Å². The molecular weight excluding hydrogens is 284 g/mol. The Hall–Kier alpha value is -1.31. The van der Waals surface area contributed by atoms with Gasteiger partial charge in [0.25, 0.3) is 0 Å². The third-order valence-electron chi connectivity index (χ3n) is 3.72. The van der Waals surface area contributed by atoms with Crippen molar-refractivity contribution in [2.24, 2.45) is 0 Å². The van der Waals surface area contributed by atoms with Gasteiger partial charge >= 0.3 is 5.97 Å². The van der Waals surface area contributed by atoms with Crippen molar-refractivity contribution in [3.8, 4) is 0 Å². The van der Waals surface area contributed by atoms with Crippen molar-refractivity contribution in [2.75, 3.05) is 6.61 Å². The summed E-state index contributed by atoms with van der Waals surface area (Å²) in [6.45, 7) is 6.08. The van der Waals surface area contributed by atoms with E-state index in [-0.39, 0.29) is 5.97 Å². The number of allylic oxidation sites excluding steroid dienone is 4. The molecule has 0 N–H and O–H groups in total. The molecule has 0 fully saturated rings. The number of esters is 1. The predicted molar refractivity (Wildman–Crippen MR) is 101 cm³/mol. The third-order valence-corrected chi connectivity index (χ3v) is 3.72. The summed E-state index contributed by atoms with van der Waals surface area (Å²) in [4.78, 5) is 11.3. The lowest BCUT2D eigenvalue weighted by Crippen LogP contribution is -2.03. The maximum Gasteiger partial charge on any atom is 0.306 e. The lowest BCUT2D eigenvalue weighted by molar-refractivity contribution is -0.142. The molecule has 0 atom stereocenters. The Morgan fingerprint density at radius 2 is 1.43 bits per heavy atom. The summed E-state index contributed by atoms with van der Waals surface area (Å²) in [6, 6.07) is 0. The van der Waals surface area contributed by atoms with Crippen LogP contribution in [0.2, 0.25) is 0 Å². The average molecular weight is 321 g/mol. The summed E-state index contributed by atoms with van der Waals surface area (Å²) < 4.78 is 4.94. The Morgan fingerprint density at radius 1 is 0.870 bits per heavy atom. The van der Waals surface area contributed by atoms with Gasteiger partial charge in [-0.25, -0.2) is 0 Å². The van der Waals surface area contributed by atoms with Crippen LogP contribution in [0.3, 0.4) is 0 Å².